The second-order valence-electron chi connectivity index (χ2n) is 4.71. The van der Waals surface area contributed by atoms with E-state index < -0.39 is 9.05 Å². The zero-order valence-electron chi connectivity index (χ0n) is 11.5. The van der Waals surface area contributed by atoms with Crippen LogP contribution in [0.1, 0.15) is 32.3 Å². The fraction of sp³-hybridized carbons (Fsp3) is 0.462. The van der Waals surface area contributed by atoms with Crippen molar-refractivity contribution >= 4 is 47.3 Å². The highest BCUT2D eigenvalue weighted by Crippen LogP contribution is 2.31. The van der Waals surface area contributed by atoms with Crippen LogP contribution >= 0.6 is 26.6 Å². The first-order valence-electron chi connectivity index (χ1n) is 6.22. The zero-order valence-corrected chi connectivity index (χ0v) is 14.7. The lowest BCUT2D eigenvalue weighted by molar-refractivity contribution is -0.119. The van der Waals surface area contributed by atoms with Crippen LogP contribution in [0.3, 0.4) is 0 Å². The van der Waals surface area contributed by atoms with E-state index in [0.717, 1.165) is 12.8 Å². The van der Waals surface area contributed by atoms with Gasteiger partial charge in [-0.15, -0.1) is 0 Å². The van der Waals surface area contributed by atoms with E-state index in [1.54, 1.807) is 13.0 Å². The predicted molar refractivity (Wildman–Crippen MR) is 84.6 cm³/mol. The molecule has 20 heavy (non-hydrogen) atoms. The maximum atomic E-state index is 12.0. The van der Waals surface area contributed by atoms with Crippen molar-refractivity contribution in [2.75, 3.05) is 5.32 Å². The van der Waals surface area contributed by atoms with Crippen LogP contribution in [0.4, 0.5) is 5.69 Å². The highest BCUT2D eigenvalue weighted by molar-refractivity contribution is 9.10. The molecule has 0 fully saturated rings. The Balaban J connectivity index is 3.05. The third-order valence-electron chi connectivity index (χ3n) is 2.95. The summed E-state index contributed by atoms with van der Waals surface area (Å²) < 4.78 is 23.3. The van der Waals surface area contributed by atoms with Crippen molar-refractivity contribution in [3.05, 3.63) is 22.2 Å². The van der Waals surface area contributed by atoms with Gasteiger partial charge in [-0.1, -0.05) is 20.3 Å². The van der Waals surface area contributed by atoms with Gasteiger partial charge >= 0.3 is 0 Å². The highest BCUT2D eigenvalue weighted by Gasteiger charge is 2.18. The Morgan fingerprint density at radius 1 is 1.45 bits per heavy atom. The van der Waals surface area contributed by atoms with Gasteiger partial charge in [0, 0.05) is 21.1 Å². The predicted octanol–water partition coefficient (Wildman–Crippen LogP) is 4.06. The molecule has 7 heteroatoms. The van der Waals surface area contributed by atoms with Crippen LogP contribution in [0.2, 0.25) is 0 Å². The first-order valence-corrected chi connectivity index (χ1v) is 9.32. The third-order valence-corrected chi connectivity index (χ3v) is 5.07. The fourth-order valence-electron chi connectivity index (χ4n) is 1.84. The van der Waals surface area contributed by atoms with Crippen LogP contribution in [-0.2, 0) is 13.8 Å². The third kappa shape index (κ3) is 4.46. The zero-order chi connectivity index (χ0) is 15.5. The summed E-state index contributed by atoms with van der Waals surface area (Å²) in [6, 6.07) is 2.99. The van der Waals surface area contributed by atoms with Crippen molar-refractivity contribution in [3.8, 4) is 0 Å². The molecule has 1 atom stereocenters. The molecule has 0 spiro atoms. The molecule has 0 bridgehead atoms. The van der Waals surface area contributed by atoms with Crippen molar-refractivity contribution in [1.29, 1.82) is 0 Å². The average molecular weight is 383 g/mol. The molecule has 0 heterocycles. The molecule has 1 amide bonds. The number of benzene rings is 1. The van der Waals surface area contributed by atoms with Crippen LogP contribution in [0, 0.1) is 12.8 Å². The molecular formula is C13H17BrClNO3S. The smallest absolute Gasteiger partial charge is 0.261 e. The Hall–Kier alpha value is -0.590. The maximum absolute atomic E-state index is 12.0. The van der Waals surface area contributed by atoms with Gasteiger partial charge in [-0.25, -0.2) is 8.42 Å². The van der Waals surface area contributed by atoms with Crippen LogP contribution in [0.5, 0.6) is 0 Å². The molecular weight excluding hydrogens is 366 g/mol. The summed E-state index contributed by atoms with van der Waals surface area (Å²) >= 11 is 3.25. The number of halogens is 2. The number of hydrogen-bond donors (Lipinski definition) is 1. The number of nitrogens with one attached hydrogen (secondary N) is 1. The number of amides is 1. The molecule has 1 unspecified atom stereocenters. The Kier molecular flexibility index (Phi) is 6.04. The molecule has 1 rings (SSSR count). The van der Waals surface area contributed by atoms with Crippen LogP contribution < -0.4 is 5.32 Å². The summed E-state index contributed by atoms with van der Waals surface area (Å²) in [7, 11) is 1.55. The summed E-state index contributed by atoms with van der Waals surface area (Å²) in [6.45, 7) is 5.51. The Morgan fingerprint density at radius 3 is 2.55 bits per heavy atom. The van der Waals surface area contributed by atoms with E-state index in [1.807, 2.05) is 13.8 Å². The van der Waals surface area contributed by atoms with E-state index in [1.165, 1.54) is 6.07 Å². The van der Waals surface area contributed by atoms with E-state index in [4.69, 9.17) is 10.7 Å². The molecule has 4 nitrogen and oxygen atoms in total. The average Bonchev–Trinajstić information content (AvgIpc) is 2.32. The van der Waals surface area contributed by atoms with E-state index in [0.29, 0.717) is 15.7 Å². The van der Waals surface area contributed by atoms with E-state index in [2.05, 4.69) is 21.2 Å². The monoisotopic (exact) mass is 381 g/mol. The molecule has 1 aromatic rings. The lowest BCUT2D eigenvalue weighted by Crippen LogP contribution is -2.20. The molecule has 1 N–H and O–H groups in total. The summed E-state index contributed by atoms with van der Waals surface area (Å²) in [5.41, 5.74) is 1.03. The van der Waals surface area contributed by atoms with Gasteiger partial charge in [0.1, 0.15) is 0 Å². The van der Waals surface area contributed by atoms with Crippen LogP contribution in [0.25, 0.3) is 0 Å². The van der Waals surface area contributed by atoms with Gasteiger partial charge < -0.3 is 5.32 Å². The normalized spacial score (nSPS) is 13.1. The second kappa shape index (κ2) is 6.91. The first-order chi connectivity index (χ1) is 9.16. The largest absolute Gasteiger partial charge is 0.325 e. The SMILES string of the molecule is CCCC(C)C(=O)Nc1cc(C)c(S(=O)(=O)Cl)cc1Br. The topological polar surface area (TPSA) is 63.2 Å². The van der Waals surface area contributed by atoms with Gasteiger partial charge in [0.05, 0.1) is 10.6 Å². The molecule has 112 valence electrons. The number of carbonyl (C=O) groups is 1. The molecule has 0 saturated carbocycles. The Labute approximate surface area is 132 Å². The van der Waals surface area contributed by atoms with E-state index in [-0.39, 0.29) is 16.7 Å². The van der Waals surface area contributed by atoms with Crippen LogP contribution in [0.15, 0.2) is 21.5 Å². The molecule has 0 saturated heterocycles. The van der Waals surface area contributed by atoms with Crippen molar-refractivity contribution in [1.82, 2.24) is 0 Å². The summed E-state index contributed by atoms with van der Waals surface area (Å²) in [5.74, 6) is -0.183. The summed E-state index contributed by atoms with van der Waals surface area (Å²) in [5, 5.41) is 2.79. The molecule has 0 aliphatic carbocycles. The van der Waals surface area contributed by atoms with E-state index in [9.17, 15) is 13.2 Å². The highest BCUT2D eigenvalue weighted by atomic mass is 79.9. The van der Waals surface area contributed by atoms with Gasteiger partial charge in [0.15, 0.2) is 0 Å². The standard InChI is InChI=1S/C13H17BrClNO3S/c1-4-5-8(2)13(17)16-11-6-9(3)12(7-10(11)14)20(15,18)19/h6-8H,4-5H2,1-3H3,(H,16,17). The molecule has 0 radical (unpaired) electrons. The summed E-state index contributed by atoms with van der Waals surface area (Å²) in [6.07, 6.45) is 1.73. The summed E-state index contributed by atoms with van der Waals surface area (Å²) in [4.78, 5) is 12.0. The number of anilines is 1. The minimum absolute atomic E-state index is 0.0330. The number of carbonyl (C=O) groups excluding carboxylic acids is 1. The number of hydrogen-bond acceptors (Lipinski definition) is 3. The lowest BCUT2D eigenvalue weighted by atomic mass is 10.1. The van der Waals surface area contributed by atoms with Gasteiger partial charge in [-0.2, -0.15) is 0 Å². The van der Waals surface area contributed by atoms with Crippen LogP contribution in [-0.4, -0.2) is 14.3 Å². The van der Waals surface area contributed by atoms with Gasteiger partial charge in [0.2, 0.25) is 5.91 Å². The molecule has 1 aromatic carbocycles. The quantitative estimate of drug-likeness (QED) is 0.781. The van der Waals surface area contributed by atoms with Crippen molar-refractivity contribution in [2.24, 2.45) is 5.92 Å². The minimum atomic E-state index is -3.80. The minimum Gasteiger partial charge on any atom is -0.325 e. The molecule has 0 aliphatic heterocycles. The number of rotatable bonds is 5. The Bertz CT molecular complexity index is 616. The van der Waals surface area contributed by atoms with Gasteiger partial charge in [0.25, 0.3) is 9.05 Å². The van der Waals surface area contributed by atoms with Crippen molar-refractivity contribution in [3.63, 3.8) is 0 Å². The fourth-order valence-corrected chi connectivity index (χ4v) is 3.64. The maximum Gasteiger partial charge on any atom is 0.261 e. The first kappa shape index (κ1) is 17.5. The molecule has 0 aromatic heterocycles. The number of aryl methyl sites for hydroxylation is 1. The lowest BCUT2D eigenvalue weighted by Gasteiger charge is -2.14. The van der Waals surface area contributed by atoms with Gasteiger partial charge in [-0.3, -0.25) is 4.79 Å². The van der Waals surface area contributed by atoms with E-state index >= 15 is 0 Å². The van der Waals surface area contributed by atoms with Gasteiger partial charge in [-0.05, 0) is 47.0 Å². The van der Waals surface area contributed by atoms with Crippen molar-refractivity contribution in [2.45, 2.75) is 38.5 Å². The second-order valence-corrected chi connectivity index (χ2v) is 8.10. The molecule has 0 aliphatic rings. The Morgan fingerprint density at radius 2 is 2.05 bits per heavy atom. The van der Waals surface area contributed by atoms with Crippen molar-refractivity contribution < 1.29 is 13.2 Å².